The number of carbonyl (C=O) groups excluding carboxylic acids is 1. The van der Waals surface area contributed by atoms with Crippen molar-refractivity contribution < 1.29 is 4.79 Å². The van der Waals surface area contributed by atoms with Gasteiger partial charge in [0, 0.05) is 12.6 Å². The van der Waals surface area contributed by atoms with Crippen molar-refractivity contribution in [3.63, 3.8) is 0 Å². The van der Waals surface area contributed by atoms with Gasteiger partial charge in [0.25, 0.3) is 5.91 Å². The molecule has 1 aromatic carbocycles. The Morgan fingerprint density at radius 2 is 2.20 bits per heavy atom. The Hall–Kier alpha value is -2.21. The normalized spacial score (nSPS) is 18.7. The molecule has 2 N–H and O–H groups in total. The van der Waals surface area contributed by atoms with Crippen LogP contribution in [0.1, 0.15) is 23.3 Å². The molecule has 1 amide bonds. The van der Waals surface area contributed by atoms with Crippen LogP contribution in [0.4, 0.5) is 0 Å². The molecular weight excluding hydrogens is 254 g/mol. The minimum absolute atomic E-state index is 0.166. The van der Waals surface area contributed by atoms with Crippen LogP contribution in [-0.4, -0.2) is 40.0 Å². The number of hydrogen-bond donors (Lipinski definition) is 2. The molecule has 20 heavy (non-hydrogen) atoms. The molecule has 1 saturated heterocycles. The van der Waals surface area contributed by atoms with Crippen molar-refractivity contribution in [1.29, 1.82) is 0 Å². The molecule has 1 atom stereocenters. The van der Waals surface area contributed by atoms with Crippen LogP contribution in [0.25, 0.3) is 5.69 Å². The van der Waals surface area contributed by atoms with Gasteiger partial charge in [0.2, 0.25) is 0 Å². The Balaban J connectivity index is 1.68. The third kappa shape index (κ3) is 2.85. The highest BCUT2D eigenvalue weighted by Gasteiger charge is 2.18. The second kappa shape index (κ2) is 5.83. The van der Waals surface area contributed by atoms with Gasteiger partial charge in [-0.25, -0.2) is 4.68 Å². The van der Waals surface area contributed by atoms with Gasteiger partial charge in [0.15, 0.2) is 5.69 Å². The summed E-state index contributed by atoms with van der Waals surface area (Å²) in [6, 6.07) is 9.79. The fraction of sp³-hybridized carbons (Fsp3) is 0.357. The van der Waals surface area contributed by atoms with Gasteiger partial charge >= 0.3 is 0 Å². The predicted molar refractivity (Wildman–Crippen MR) is 74.7 cm³/mol. The number of aromatic nitrogens is 3. The summed E-state index contributed by atoms with van der Waals surface area (Å²) >= 11 is 0. The Morgan fingerprint density at radius 3 is 2.95 bits per heavy atom. The van der Waals surface area contributed by atoms with Crippen molar-refractivity contribution in [2.45, 2.75) is 18.9 Å². The van der Waals surface area contributed by atoms with Crippen molar-refractivity contribution in [3.8, 4) is 5.69 Å². The smallest absolute Gasteiger partial charge is 0.273 e. The first-order valence-corrected chi connectivity index (χ1v) is 6.82. The molecule has 1 aliphatic rings. The van der Waals surface area contributed by atoms with Crippen molar-refractivity contribution >= 4 is 5.91 Å². The summed E-state index contributed by atoms with van der Waals surface area (Å²) in [6.45, 7) is 1.84. The second-order valence-electron chi connectivity index (χ2n) is 4.90. The standard InChI is InChI=1S/C14H17N5O/c20-14(16-11-5-4-8-15-9-11)13-10-19(18-17-13)12-6-2-1-3-7-12/h1-3,6-7,10-11,15H,4-5,8-9H2,(H,16,20)/t11-/m0/s1. The van der Waals surface area contributed by atoms with Gasteiger partial charge in [-0.05, 0) is 31.5 Å². The highest BCUT2D eigenvalue weighted by molar-refractivity contribution is 5.92. The molecule has 1 aromatic heterocycles. The monoisotopic (exact) mass is 271 g/mol. The molecule has 0 spiro atoms. The molecule has 0 unspecified atom stereocenters. The van der Waals surface area contributed by atoms with Gasteiger partial charge in [0.1, 0.15) is 0 Å². The van der Waals surface area contributed by atoms with E-state index >= 15 is 0 Å². The first-order valence-electron chi connectivity index (χ1n) is 6.82. The zero-order valence-corrected chi connectivity index (χ0v) is 11.1. The van der Waals surface area contributed by atoms with Crippen molar-refractivity contribution in [1.82, 2.24) is 25.6 Å². The Bertz CT molecular complexity index is 574. The molecule has 0 radical (unpaired) electrons. The van der Waals surface area contributed by atoms with Crippen LogP contribution < -0.4 is 10.6 Å². The molecule has 1 fully saturated rings. The maximum absolute atomic E-state index is 12.1. The first-order chi connectivity index (χ1) is 9.83. The number of carbonyl (C=O) groups is 1. The second-order valence-corrected chi connectivity index (χ2v) is 4.90. The van der Waals surface area contributed by atoms with Crippen LogP contribution in [0.3, 0.4) is 0 Å². The number of para-hydroxylation sites is 1. The van der Waals surface area contributed by atoms with Crippen molar-refractivity contribution in [3.05, 3.63) is 42.2 Å². The van der Waals surface area contributed by atoms with E-state index in [1.165, 1.54) is 0 Å². The largest absolute Gasteiger partial charge is 0.347 e. The van der Waals surface area contributed by atoms with Gasteiger partial charge in [-0.15, -0.1) is 5.10 Å². The van der Waals surface area contributed by atoms with Crippen molar-refractivity contribution in [2.75, 3.05) is 13.1 Å². The lowest BCUT2D eigenvalue weighted by Gasteiger charge is -2.23. The fourth-order valence-corrected chi connectivity index (χ4v) is 2.31. The molecule has 2 heterocycles. The number of amides is 1. The van der Waals surface area contributed by atoms with E-state index in [9.17, 15) is 4.79 Å². The third-order valence-corrected chi connectivity index (χ3v) is 3.38. The minimum atomic E-state index is -0.166. The highest BCUT2D eigenvalue weighted by atomic mass is 16.2. The Kier molecular flexibility index (Phi) is 3.73. The third-order valence-electron chi connectivity index (χ3n) is 3.38. The fourth-order valence-electron chi connectivity index (χ4n) is 2.31. The van der Waals surface area contributed by atoms with Crippen LogP contribution in [0.2, 0.25) is 0 Å². The lowest BCUT2D eigenvalue weighted by atomic mass is 10.1. The summed E-state index contributed by atoms with van der Waals surface area (Å²) in [6.07, 6.45) is 3.74. The molecule has 0 aliphatic carbocycles. The van der Waals surface area contributed by atoms with Crippen LogP contribution in [-0.2, 0) is 0 Å². The van der Waals surface area contributed by atoms with E-state index in [0.29, 0.717) is 5.69 Å². The molecule has 104 valence electrons. The van der Waals surface area contributed by atoms with Gasteiger partial charge in [0.05, 0.1) is 11.9 Å². The van der Waals surface area contributed by atoms with Crippen molar-refractivity contribution in [2.24, 2.45) is 0 Å². The lowest BCUT2D eigenvalue weighted by molar-refractivity contribution is 0.0925. The predicted octanol–water partition coefficient (Wildman–Crippen LogP) is 0.749. The van der Waals surface area contributed by atoms with Crippen LogP contribution in [0.15, 0.2) is 36.5 Å². The van der Waals surface area contributed by atoms with Gasteiger partial charge < -0.3 is 10.6 Å². The average Bonchev–Trinajstić information content (AvgIpc) is 2.99. The molecular formula is C14H17N5O. The molecule has 6 heteroatoms. The van der Waals surface area contributed by atoms with Crippen LogP contribution >= 0.6 is 0 Å². The van der Waals surface area contributed by atoms with E-state index in [1.807, 2.05) is 30.3 Å². The van der Waals surface area contributed by atoms with E-state index in [2.05, 4.69) is 20.9 Å². The summed E-state index contributed by atoms with van der Waals surface area (Å²) in [5.74, 6) is -0.166. The van der Waals surface area contributed by atoms with E-state index in [0.717, 1.165) is 31.6 Å². The summed E-state index contributed by atoms with van der Waals surface area (Å²) < 4.78 is 1.61. The Morgan fingerprint density at radius 1 is 1.35 bits per heavy atom. The molecule has 2 aromatic rings. The molecule has 6 nitrogen and oxygen atoms in total. The summed E-state index contributed by atoms with van der Waals surface area (Å²) in [5, 5.41) is 14.2. The van der Waals surface area contributed by atoms with E-state index in [-0.39, 0.29) is 11.9 Å². The number of nitrogens with one attached hydrogen (secondary N) is 2. The van der Waals surface area contributed by atoms with Gasteiger partial charge in [-0.2, -0.15) is 0 Å². The summed E-state index contributed by atoms with van der Waals surface area (Å²) in [7, 11) is 0. The van der Waals surface area contributed by atoms with Gasteiger partial charge in [-0.3, -0.25) is 4.79 Å². The maximum Gasteiger partial charge on any atom is 0.273 e. The Labute approximate surface area is 117 Å². The number of hydrogen-bond acceptors (Lipinski definition) is 4. The summed E-state index contributed by atoms with van der Waals surface area (Å²) in [5.41, 5.74) is 1.23. The minimum Gasteiger partial charge on any atom is -0.347 e. The number of nitrogens with zero attached hydrogens (tertiary/aromatic N) is 3. The first kappa shape index (κ1) is 12.8. The van der Waals surface area contributed by atoms with E-state index in [1.54, 1.807) is 10.9 Å². The lowest BCUT2D eigenvalue weighted by Crippen LogP contribution is -2.45. The van der Waals surface area contributed by atoms with E-state index < -0.39 is 0 Å². The zero-order valence-electron chi connectivity index (χ0n) is 11.1. The van der Waals surface area contributed by atoms with E-state index in [4.69, 9.17) is 0 Å². The topological polar surface area (TPSA) is 71.8 Å². The average molecular weight is 271 g/mol. The number of benzene rings is 1. The van der Waals surface area contributed by atoms with Gasteiger partial charge in [-0.1, -0.05) is 23.4 Å². The van der Waals surface area contributed by atoms with Crippen LogP contribution in [0, 0.1) is 0 Å². The molecule has 0 bridgehead atoms. The zero-order chi connectivity index (χ0) is 13.8. The SMILES string of the molecule is O=C(N[C@H]1CCCNC1)c1cn(-c2ccccc2)nn1. The molecule has 0 saturated carbocycles. The maximum atomic E-state index is 12.1. The number of piperidine rings is 1. The number of rotatable bonds is 3. The highest BCUT2D eigenvalue weighted by Crippen LogP contribution is 2.07. The summed E-state index contributed by atoms with van der Waals surface area (Å²) in [4.78, 5) is 12.1. The quantitative estimate of drug-likeness (QED) is 0.864. The molecule has 1 aliphatic heterocycles. The molecule has 3 rings (SSSR count). The van der Waals surface area contributed by atoms with Crippen LogP contribution in [0.5, 0.6) is 0 Å².